The van der Waals surface area contributed by atoms with E-state index < -0.39 is 11.9 Å². The lowest BCUT2D eigenvalue weighted by Crippen LogP contribution is -2.14. The number of para-hydroxylation sites is 1. The van der Waals surface area contributed by atoms with Gasteiger partial charge < -0.3 is 23.9 Å². The summed E-state index contributed by atoms with van der Waals surface area (Å²) in [6.07, 6.45) is 1.47. The molecule has 0 aliphatic carbocycles. The number of carbonyl (C=O) groups is 2. The summed E-state index contributed by atoms with van der Waals surface area (Å²) in [5.74, 6) is 0.256. The second kappa shape index (κ2) is 10.7. The number of aryl methyl sites for hydroxylation is 1. The zero-order valence-electron chi connectivity index (χ0n) is 18.4. The molecule has 0 spiro atoms. The van der Waals surface area contributed by atoms with Gasteiger partial charge in [0, 0.05) is 5.69 Å². The van der Waals surface area contributed by atoms with Gasteiger partial charge in [0.25, 0.3) is 5.91 Å². The van der Waals surface area contributed by atoms with Crippen LogP contribution < -0.4 is 14.8 Å². The number of anilines is 1. The first kappa shape index (κ1) is 23.2. The van der Waals surface area contributed by atoms with Gasteiger partial charge in [-0.15, -0.1) is 0 Å². The third-order valence-corrected chi connectivity index (χ3v) is 4.68. The first-order chi connectivity index (χ1) is 15.9. The molecule has 8 nitrogen and oxygen atoms in total. The van der Waals surface area contributed by atoms with E-state index in [0.29, 0.717) is 28.5 Å². The third-order valence-electron chi connectivity index (χ3n) is 4.68. The number of hydrogen-bond acceptors (Lipinski definition) is 7. The molecule has 1 N–H and O–H groups in total. The van der Waals surface area contributed by atoms with Crippen molar-refractivity contribution >= 4 is 23.6 Å². The number of methoxy groups -OCH3 is 2. The Labute approximate surface area is 191 Å². The lowest BCUT2D eigenvalue weighted by atomic mass is 10.1. The lowest BCUT2D eigenvalue weighted by Gasteiger charge is -2.11. The van der Waals surface area contributed by atoms with Crippen LogP contribution in [-0.2, 0) is 16.1 Å². The zero-order chi connectivity index (χ0) is 23.8. The number of hydrogen-bond donors (Lipinski definition) is 1. The van der Waals surface area contributed by atoms with E-state index in [0.717, 1.165) is 5.56 Å². The standard InChI is InChI=1S/C25H22N2O6/c1-16-6-4-5-7-20(16)27-24(28)18(14-26)12-17-8-10-21(23(13-17)30-2)32-15-19-9-11-22(33-19)25(29)31-3/h4-13H,15H2,1-3H3,(H,27,28). The number of nitriles is 1. The fraction of sp³-hybridized carbons (Fsp3) is 0.160. The Hall–Kier alpha value is -4.51. The summed E-state index contributed by atoms with van der Waals surface area (Å²) in [5.41, 5.74) is 2.06. The number of nitrogens with zero attached hydrogens (tertiary/aromatic N) is 1. The van der Waals surface area contributed by atoms with Crippen LogP contribution in [0.2, 0.25) is 0 Å². The van der Waals surface area contributed by atoms with Crippen molar-refractivity contribution < 1.29 is 28.2 Å². The fourth-order valence-electron chi connectivity index (χ4n) is 2.93. The fourth-order valence-corrected chi connectivity index (χ4v) is 2.93. The van der Waals surface area contributed by atoms with E-state index in [2.05, 4.69) is 10.1 Å². The molecule has 0 atom stereocenters. The van der Waals surface area contributed by atoms with E-state index in [1.54, 1.807) is 36.4 Å². The van der Waals surface area contributed by atoms with Crippen LogP contribution in [0, 0.1) is 18.3 Å². The Balaban J connectivity index is 1.73. The maximum Gasteiger partial charge on any atom is 0.373 e. The molecule has 0 saturated carbocycles. The van der Waals surface area contributed by atoms with Crippen LogP contribution in [0.15, 0.2) is 64.6 Å². The van der Waals surface area contributed by atoms with Crippen molar-refractivity contribution in [1.29, 1.82) is 5.26 Å². The first-order valence-electron chi connectivity index (χ1n) is 9.91. The minimum Gasteiger partial charge on any atom is -0.493 e. The molecule has 0 fully saturated rings. The summed E-state index contributed by atoms with van der Waals surface area (Å²) in [5, 5.41) is 12.2. The predicted octanol–water partition coefficient (Wildman–Crippen LogP) is 4.51. The highest BCUT2D eigenvalue weighted by molar-refractivity contribution is 6.10. The zero-order valence-corrected chi connectivity index (χ0v) is 18.4. The number of esters is 1. The summed E-state index contributed by atoms with van der Waals surface area (Å²) in [6, 6.07) is 17.4. The third kappa shape index (κ3) is 5.80. The van der Waals surface area contributed by atoms with Gasteiger partial charge in [-0.1, -0.05) is 24.3 Å². The van der Waals surface area contributed by atoms with E-state index >= 15 is 0 Å². The molecule has 0 unspecified atom stereocenters. The summed E-state index contributed by atoms with van der Waals surface area (Å²) < 4.78 is 21.1. The van der Waals surface area contributed by atoms with Gasteiger partial charge in [0.1, 0.15) is 24.0 Å². The van der Waals surface area contributed by atoms with Crippen LogP contribution >= 0.6 is 0 Å². The largest absolute Gasteiger partial charge is 0.493 e. The number of ether oxygens (including phenoxy) is 3. The second-order valence-electron chi connectivity index (χ2n) is 6.90. The smallest absolute Gasteiger partial charge is 0.373 e. The topological polar surface area (TPSA) is 111 Å². The first-order valence-corrected chi connectivity index (χ1v) is 9.91. The molecule has 1 amide bonds. The van der Waals surface area contributed by atoms with Crippen molar-refractivity contribution in [3.8, 4) is 17.6 Å². The van der Waals surface area contributed by atoms with Crippen molar-refractivity contribution in [2.24, 2.45) is 0 Å². The Bertz CT molecular complexity index is 1240. The molecule has 0 aliphatic heterocycles. The number of nitrogens with one attached hydrogen (secondary N) is 1. The van der Waals surface area contributed by atoms with Crippen molar-refractivity contribution in [3.05, 3.63) is 82.8 Å². The average Bonchev–Trinajstić information content (AvgIpc) is 3.31. The van der Waals surface area contributed by atoms with Crippen molar-refractivity contribution in [1.82, 2.24) is 0 Å². The number of rotatable bonds is 8. The maximum atomic E-state index is 12.6. The Morgan fingerprint density at radius 2 is 1.88 bits per heavy atom. The lowest BCUT2D eigenvalue weighted by molar-refractivity contribution is -0.112. The van der Waals surface area contributed by atoms with Crippen LogP contribution in [0.5, 0.6) is 11.5 Å². The SMILES string of the molecule is COC(=O)c1ccc(COc2ccc(C=C(C#N)C(=O)Nc3ccccc3C)cc2OC)o1. The molecule has 0 saturated heterocycles. The minimum absolute atomic E-state index is 0.0556. The summed E-state index contributed by atoms with van der Waals surface area (Å²) in [6.45, 7) is 1.93. The van der Waals surface area contributed by atoms with Crippen LogP contribution in [0.4, 0.5) is 5.69 Å². The molecule has 0 radical (unpaired) electrons. The molecular formula is C25H22N2O6. The highest BCUT2D eigenvalue weighted by atomic mass is 16.5. The van der Waals surface area contributed by atoms with Crippen LogP contribution in [0.25, 0.3) is 6.08 Å². The van der Waals surface area contributed by atoms with Crippen molar-refractivity contribution in [3.63, 3.8) is 0 Å². The van der Waals surface area contributed by atoms with Crippen molar-refractivity contribution in [2.75, 3.05) is 19.5 Å². The summed E-state index contributed by atoms with van der Waals surface area (Å²) in [4.78, 5) is 24.0. The van der Waals surface area contributed by atoms with Gasteiger partial charge in [-0.25, -0.2) is 4.79 Å². The molecule has 1 aromatic heterocycles. The average molecular weight is 446 g/mol. The van der Waals surface area contributed by atoms with E-state index in [4.69, 9.17) is 13.9 Å². The minimum atomic E-state index is -0.574. The molecule has 2 aromatic carbocycles. The molecule has 33 heavy (non-hydrogen) atoms. The van der Waals surface area contributed by atoms with Gasteiger partial charge >= 0.3 is 5.97 Å². The number of benzene rings is 2. The van der Waals surface area contributed by atoms with Gasteiger partial charge in [0.15, 0.2) is 11.5 Å². The van der Waals surface area contributed by atoms with Crippen LogP contribution in [0.3, 0.4) is 0 Å². The second-order valence-corrected chi connectivity index (χ2v) is 6.90. The van der Waals surface area contributed by atoms with Gasteiger partial charge in [-0.3, -0.25) is 4.79 Å². The summed E-state index contributed by atoms with van der Waals surface area (Å²) >= 11 is 0. The predicted molar refractivity (Wildman–Crippen MR) is 121 cm³/mol. The Morgan fingerprint density at radius 3 is 2.58 bits per heavy atom. The maximum absolute atomic E-state index is 12.6. The van der Waals surface area contributed by atoms with E-state index in [1.807, 2.05) is 25.1 Å². The van der Waals surface area contributed by atoms with Gasteiger partial charge in [0.2, 0.25) is 5.76 Å². The molecule has 0 bridgehead atoms. The van der Waals surface area contributed by atoms with Crippen molar-refractivity contribution in [2.45, 2.75) is 13.5 Å². The van der Waals surface area contributed by atoms with Crippen LogP contribution in [-0.4, -0.2) is 26.1 Å². The van der Waals surface area contributed by atoms with E-state index in [1.165, 1.54) is 26.4 Å². The Kier molecular flexibility index (Phi) is 7.50. The van der Waals surface area contributed by atoms with Gasteiger partial charge in [-0.05, 0) is 54.5 Å². The monoisotopic (exact) mass is 446 g/mol. The molecular weight excluding hydrogens is 424 g/mol. The quantitative estimate of drug-likeness (QED) is 0.308. The van der Waals surface area contributed by atoms with Gasteiger partial charge in [0.05, 0.1) is 14.2 Å². The van der Waals surface area contributed by atoms with E-state index in [-0.39, 0.29) is 17.9 Å². The molecule has 1 heterocycles. The molecule has 3 rings (SSSR count). The number of amides is 1. The molecule has 8 heteroatoms. The highest BCUT2D eigenvalue weighted by Gasteiger charge is 2.14. The molecule has 0 aliphatic rings. The molecule has 168 valence electrons. The van der Waals surface area contributed by atoms with Crippen LogP contribution in [0.1, 0.15) is 27.4 Å². The van der Waals surface area contributed by atoms with E-state index in [9.17, 15) is 14.9 Å². The normalized spacial score (nSPS) is 10.8. The number of carbonyl (C=O) groups excluding carboxylic acids is 2. The highest BCUT2D eigenvalue weighted by Crippen LogP contribution is 2.30. The van der Waals surface area contributed by atoms with Gasteiger partial charge in [-0.2, -0.15) is 5.26 Å². The summed E-state index contributed by atoms with van der Waals surface area (Å²) in [7, 11) is 2.75. The molecule has 3 aromatic rings. The Morgan fingerprint density at radius 1 is 1.09 bits per heavy atom. The number of furan rings is 1.